The Morgan fingerprint density at radius 3 is 2.33 bits per heavy atom. The average Bonchev–Trinajstić information content (AvgIpc) is 2.13. The fourth-order valence-electron chi connectivity index (χ4n) is 1.03. The molecular formula is C9H20N2O2S2. The van der Waals surface area contributed by atoms with Crippen LogP contribution in [0.2, 0.25) is 0 Å². The largest absolute Gasteiger partial charge is 0.392 e. The van der Waals surface area contributed by atoms with Gasteiger partial charge in [-0.25, -0.2) is 13.1 Å². The molecule has 0 aromatic heterocycles. The fraction of sp³-hybridized carbons (Fsp3) is 0.889. The Morgan fingerprint density at radius 2 is 2.00 bits per heavy atom. The minimum Gasteiger partial charge on any atom is -0.392 e. The number of nitrogens with two attached hydrogens (primary N) is 1. The summed E-state index contributed by atoms with van der Waals surface area (Å²) in [5.41, 5.74) is 4.72. The topological polar surface area (TPSA) is 72.2 Å². The molecule has 0 bridgehead atoms. The Kier molecular flexibility index (Phi) is 5.69. The van der Waals surface area contributed by atoms with Crippen LogP contribution in [0.4, 0.5) is 0 Å². The predicted octanol–water partition coefficient (Wildman–Crippen LogP) is 1.16. The molecule has 0 rings (SSSR count). The fourth-order valence-corrected chi connectivity index (χ4v) is 3.00. The van der Waals surface area contributed by atoms with Gasteiger partial charge in [0, 0.05) is 0 Å². The zero-order chi connectivity index (χ0) is 12.1. The molecule has 0 radical (unpaired) electrons. The van der Waals surface area contributed by atoms with E-state index in [0.29, 0.717) is 12.8 Å². The van der Waals surface area contributed by atoms with Crippen molar-refractivity contribution in [3.05, 3.63) is 0 Å². The van der Waals surface area contributed by atoms with E-state index in [1.54, 1.807) is 6.92 Å². The molecule has 0 saturated heterocycles. The molecule has 4 nitrogen and oxygen atoms in total. The van der Waals surface area contributed by atoms with E-state index < -0.39 is 15.6 Å². The second-order valence-electron chi connectivity index (χ2n) is 3.82. The summed E-state index contributed by atoms with van der Waals surface area (Å²) < 4.78 is 25.8. The van der Waals surface area contributed by atoms with Gasteiger partial charge in [-0.15, -0.1) is 0 Å². The second kappa shape index (κ2) is 5.77. The van der Waals surface area contributed by atoms with Gasteiger partial charge in [0.15, 0.2) is 0 Å². The van der Waals surface area contributed by atoms with Crippen molar-refractivity contribution < 1.29 is 8.42 Å². The van der Waals surface area contributed by atoms with E-state index >= 15 is 0 Å². The zero-order valence-electron chi connectivity index (χ0n) is 9.54. The first-order valence-corrected chi connectivity index (χ1v) is 7.15. The Labute approximate surface area is 97.7 Å². The number of thiocarbonyl (C=S) groups is 1. The highest BCUT2D eigenvalue weighted by molar-refractivity contribution is 7.89. The molecule has 0 spiro atoms. The van der Waals surface area contributed by atoms with E-state index in [4.69, 9.17) is 18.0 Å². The smallest absolute Gasteiger partial charge is 0.212 e. The molecule has 6 heteroatoms. The van der Waals surface area contributed by atoms with Gasteiger partial charge in [0.25, 0.3) is 0 Å². The number of sulfonamides is 1. The number of unbranched alkanes of at least 4 members (excludes halogenated alkanes) is 1. The maximum Gasteiger partial charge on any atom is 0.212 e. The third kappa shape index (κ3) is 4.90. The van der Waals surface area contributed by atoms with Crippen LogP contribution in [0.3, 0.4) is 0 Å². The first-order valence-electron chi connectivity index (χ1n) is 5.09. The van der Waals surface area contributed by atoms with Gasteiger partial charge in [-0.05, 0) is 19.8 Å². The third-order valence-corrected chi connectivity index (χ3v) is 4.44. The Morgan fingerprint density at radius 1 is 1.47 bits per heavy atom. The molecule has 0 fully saturated rings. The molecular weight excluding hydrogens is 232 g/mol. The minimum atomic E-state index is -3.28. The van der Waals surface area contributed by atoms with Crippen molar-refractivity contribution in [3.63, 3.8) is 0 Å². The molecule has 15 heavy (non-hydrogen) atoms. The van der Waals surface area contributed by atoms with Gasteiger partial charge in [0.05, 0.1) is 16.3 Å². The molecule has 0 aliphatic carbocycles. The van der Waals surface area contributed by atoms with Gasteiger partial charge in [-0.2, -0.15) is 0 Å². The van der Waals surface area contributed by atoms with Crippen molar-refractivity contribution >= 4 is 27.2 Å². The highest BCUT2D eigenvalue weighted by Crippen LogP contribution is 2.12. The minimum absolute atomic E-state index is 0.127. The Hall–Kier alpha value is -0.200. The van der Waals surface area contributed by atoms with Crippen molar-refractivity contribution in [2.75, 3.05) is 5.75 Å². The van der Waals surface area contributed by atoms with Crippen LogP contribution in [0.1, 0.15) is 40.0 Å². The maximum atomic E-state index is 11.6. The lowest BCUT2D eigenvalue weighted by molar-refractivity contribution is 0.510. The van der Waals surface area contributed by atoms with Gasteiger partial charge >= 0.3 is 0 Å². The molecule has 0 aromatic carbocycles. The highest BCUT2D eigenvalue weighted by atomic mass is 32.2. The van der Waals surface area contributed by atoms with Gasteiger partial charge in [0.1, 0.15) is 0 Å². The molecule has 0 saturated carbocycles. The SMILES string of the molecule is CCCCS(=O)(=O)NC(C)(CC)C(N)=S. The standard InChI is InChI=1S/C9H20N2O2S2/c1-4-6-7-15(12,13)11-9(3,5-2)8(10)14/h11H,4-7H2,1-3H3,(H2,10,14). The van der Waals surface area contributed by atoms with E-state index in [-0.39, 0.29) is 10.7 Å². The van der Waals surface area contributed by atoms with E-state index in [1.165, 1.54) is 0 Å². The van der Waals surface area contributed by atoms with Crippen molar-refractivity contribution in [1.29, 1.82) is 0 Å². The second-order valence-corrected chi connectivity index (χ2v) is 6.11. The first-order chi connectivity index (χ1) is 6.77. The van der Waals surface area contributed by atoms with Gasteiger partial charge in [-0.3, -0.25) is 0 Å². The monoisotopic (exact) mass is 252 g/mol. The number of nitrogens with one attached hydrogen (secondary N) is 1. The predicted molar refractivity (Wildman–Crippen MR) is 67.3 cm³/mol. The van der Waals surface area contributed by atoms with Gasteiger partial charge in [0.2, 0.25) is 10.0 Å². The van der Waals surface area contributed by atoms with Gasteiger partial charge < -0.3 is 5.73 Å². The molecule has 0 heterocycles. The Balaban J connectivity index is 4.62. The summed E-state index contributed by atoms with van der Waals surface area (Å²) in [6, 6.07) is 0. The van der Waals surface area contributed by atoms with Gasteiger partial charge in [-0.1, -0.05) is 32.5 Å². The average molecular weight is 252 g/mol. The molecule has 0 aliphatic rings. The summed E-state index contributed by atoms with van der Waals surface area (Å²) in [4.78, 5) is 0.185. The Bertz CT molecular complexity index is 314. The molecule has 1 unspecified atom stereocenters. The lowest BCUT2D eigenvalue weighted by Crippen LogP contribution is -2.54. The summed E-state index contributed by atoms with van der Waals surface area (Å²) in [6.07, 6.45) is 2.04. The number of rotatable bonds is 7. The van der Waals surface area contributed by atoms with Crippen LogP contribution in [0.15, 0.2) is 0 Å². The summed E-state index contributed by atoms with van der Waals surface area (Å²) >= 11 is 4.86. The number of hydrogen-bond acceptors (Lipinski definition) is 3. The van der Waals surface area contributed by atoms with Crippen LogP contribution in [0.25, 0.3) is 0 Å². The van der Waals surface area contributed by atoms with Crippen LogP contribution >= 0.6 is 12.2 Å². The van der Waals surface area contributed by atoms with Crippen LogP contribution < -0.4 is 10.5 Å². The molecule has 0 aromatic rings. The lowest BCUT2D eigenvalue weighted by Gasteiger charge is -2.27. The summed E-state index contributed by atoms with van der Waals surface area (Å²) in [7, 11) is -3.28. The van der Waals surface area contributed by atoms with E-state index in [9.17, 15) is 8.42 Å². The summed E-state index contributed by atoms with van der Waals surface area (Å²) in [6.45, 7) is 5.50. The maximum absolute atomic E-state index is 11.6. The van der Waals surface area contributed by atoms with Crippen LogP contribution in [-0.2, 0) is 10.0 Å². The van der Waals surface area contributed by atoms with Crippen molar-refractivity contribution in [2.24, 2.45) is 5.73 Å². The van der Waals surface area contributed by atoms with E-state index in [1.807, 2.05) is 13.8 Å². The van der Waals surface area contributed by atoms with Crippen LogP contribution in [-0.4, -0.2) is 24.7 Å². The number of hydrogen-bond donors (Lipinski definition) is 2. The summed E-state index contributed by atoms with van der Waals surface area (Å²) in [5.74, 6) is 0.127. The van der Waals surface area contributed by atoms with Crippen molar-refractivity contribution in [1.82, 2.24) is 4.72 Å². The molecule has 3 N–H and O–H groups in total. The third-order valence-electron chi connectivity index (χ3n) is 2.40. The van der Waals surface area contributed by atoms with Crippen LogP contribution in [0, 0.1) is 0 Å². The quantitative estimate of drug-likeness (QED) is 0.667. The first kappa shape index (κ1) is 14.8. The molecule has 0 amide bonds. The zero-order valence-corrected chi connectivity index (χ0v) is 11.2. The van der Waals surface area contributed by atoms with Crippen molar-refractivity contribution in [3.8, 4) is 0 Å². The summed E-state index contributed by atoms with van der Waals surface area (Å²) in [5, 5.41) is 0. The lowest BCUT2D eigenvalue weighted by atomic mass is 10.0. The molecule has 90 valence electrons. The van der Waals surface area contributed by atoms with Crippen LogP contribution in [0.5, 0.6) is 0 Å². The molecule has 0 aliphatic heterocycles. The van der Waals surface area contributed by atoms with Crippen molar-refractivity contribution in [2.45, 2.75) is 45.6 Å². The highest BCUT2D eigenvalue weighted by Gasteiger charge is 2.30. The normalized spacial score (nSPS) is 15.9. The molecule has 1 atom stereocenters. The van der Waals surface area contributed by atoms with E-state index in [2.05, 4.69) is 4.72 Å². The van der Waals surface area contributed by atoms with E-state index in [0.717, 1.165) is 6.42 Å².